The van der Waals surface area contributed by atoms with Gasteiger partial charge in [0.2, 0.25) is 11.7 Å². The lowest BCUT2D eigenvalue weighted by Crippen LogP contribution is -2.08. The molecule has 3 aromatic heterocycles. The maximum Gasteiger partial charge on any atom is 0.254 e. The molecule has 3 rings (SSSR count). The second-order valence-corrected chi connectivity index (χ2v) is 3.89. The minimum atomic E-state index is -0.179. The molecule has 0 aliphatic heterocycles. The molecule has 0 aliphatic rings. The molecule has 0 aliphatic carbocycles. The fourth-order valence-corrected chi connectivity index (χ4v) is 1.63. The van der Waals surface area contributed by atoms with Gasteiger partial charge in [0.05, 0.1) is 0 Å². The predicted octanol–water partition coefficient (Wildman–Crippen LogP) is 1.14. The first-order chi connectivity index (χ1) is 9.22. The van der Waals surface area contributed by atoms with E-state index in [2.05, 4.69) is 25.4 Å². The topological polar surface area (TPSA) is 85.1 Å². The van der Waals surface area contributed by atoms with E-state index in [0.29, 0.717) is 23.1 Å². The number of anilines is 1. The molecule has 0 aromatic carbocycles. The van der Waals surface area contributed by atoms with Crippen LogP contribution in [-0.2, 0) is 4.79 Å². The molecule has 0 fully saturated rings. The highest BCUT2D eigenvalue weighted by atomic mass is 16.1. The van der Waals surface area contributed by atoms with E-state index in [1.54, 1.807) is 18.5 Å². The summed E-state index contributed by atoms with van der Waals surface area (Å²) in [6.07, 6.45) is 3.37. The first-order valence-electron chi connectivity index (χ1n) is 5.65. The molecule has 3 aromatic rings. The number of nitrogens with one attached hydrogen (secondary N) is 1. The number of amides is 1. The summed E-state index contributed by atoms with van der Waals surface area (Å²) in [5, 5.41) is 6.87. The average molecular weight is 254 g/mol. The molecule has 0 saturated carbocycles. The summed E-state index contributed by atoms with van der Waals surface area (Å²) >= 11 is 0. The molecule has 0 atom stereocenters. The molecule has 0 spiro atoms. The molecule has 0 saturated heterocycles. The quantitative estimate of drug-likeness (QED) is 0.741. The van der Waals surface area contributed by atoms with Crippen LogP contribution in [0.3, 0.4) is 0 Å². The van der Waals surface area contributed by atoms with Crippen LogP contribution in [0, 0.1) is 0 Å². The van der Waals surface area contributed by atoms with Gasteiger partial charge in [0.1, 0.15) is 11.5 Å². The zero-order valence-electron chi connectivity index (χ0n) is 10.1. The van der Waals surface area contributed by atoms with Gasteiger partial charge in [0.15, 0.2) is 0 Å². The molecule has 7 heteroatoms. The Hall–Kier alpha value is -2.83. The van der Waals surface area contributed by atoms with Gasteiger partial charge in [-0.05, 0) is 18.2 Å². The van der Waals surface area contributed by atoms with Gasteiger partial charge in [0, 0.05) is 19.3 Å². The number of hydrogen-bond donors (Lipinski definition) is 1. The Balaban J connectivity index is 2.04. The zero-order chi connectivity index (χ0) is 13.2. The van der Waals surface area contributed by atoms with E-state index in [1.165, 1.54) is 11.4 Å². The summed E-state index contributed by atoms with van der Waals surface area (Å²) in [6.45, 7) is 1.43. The number of carbonyl (C=O) groups is 1. The lowest BCUT2D eigenvalue weighted by Gasteiger charge is -1.99. The number of pyridine rings is 1. The van der Waals surface area contributed by atoms with Crippen LogP contribution >= 0.6 is 0 Å². The van der Waals surface area contributed by atoms with Crippen molar-refractivity contribution in [2.24, 2.45) is 0 Å². The summed E-state index contributed by atoms with van der Waals surface area (Å²) in [5.74, 6) is 1.17. The van der Waals surface area contributed by atoms with Gasteiger partial charge in [0.25, 0.3) is 5.78 Å². The molecule has 19 heavy (non-hydrogen) atoms. The molecule has 3 heterocycles. The first-order valence-corrected chi connectivity index (χ1v) is 5.65. The van der Waals surface area contributed by atoms with Crippen molar-refractivity contribution in [3.8, 4) is 11.5 Å². The summed E-state index contributed by atoms with van der Waals surface area (Å²) in [4.78, 5) is 23.6. The van der Waals surface area contributed by atoms with Crippen LogP contribution in [0.25, 0.3) is 17.3 Å². The SMILES string of the molecule is CC(=O)Nc1ccn2nc(-c3ccccn3)nc2n1. The third kappa shape index (κ3) is 2.25. The van der Waals surface area contributed by atoms with Gasteiger partial charge in [-0.1, -0.05) is 6.07 Å². The van der Waals surface area contributed by atoms with Crippen LogP contribution in [0.1, 0.15) is 6.92 Å². The van der Waals surface area contributed by atoms with Crippen LogP contribution < -0.4 is 5.32 Å². The predicted molar refractivity (Wildman–Crippen MR) is 68.3 cm³/mol. The fourth-order valence-electron chi connectivity index (χ4n) is 1.63. The summed E-state index contributed by atoms with van der Waals surface area (Å²) in [6, 6.07) is 7.17. The van der Waals surface area contributed by atoms with E-state index in [-0.39, 0.29) is 5.91 Å². The lowest BCUT2D eigenvalue weighted by atomic mass is 10.3. The normalized spacial score (nSPS) is 10.6. The maximum absolute atomic E-state index is 11.0. The summed E-state index contributed by atoms with van der Waals surface area (Å²) < 4.78 is 1.54. The van der Waals surface area contributed by atoms with Crippen LogP contribution in [-0.4, -0.2) is 30.5 Å². The Morgan fingerprint density at radius 1 is 1.26 bits per heavy atom. The van der Waals surface area contributed by atoms with Crippen molar-refractivity contribution in [1.82, 2.24) is 24.6 Å². The summed E-state index contributed by atoms with van der Waals surface area (Å²) in [5.41, 5.74) is 0.675. The maximum atomic E-state index is 11.0. The van der Waals surface area contributed by atoms with Crippen LogP contribution in [0.4, 0.5) is 5.82 Å². The van der Waals surface area contributed by atoms with E-state index in [9.17, 15) is 4.79 Å². The number of rotatable bonds is 2. The second kappa shape index (κ2) is 4.45. The fraction of sp³-hybridized carbons (Fsp3) is 0.0833. The second-order valence-electron chi connectivity index (χ2n) is 3.89. The van der Waals surface area contributed by atoms with Gasteiger partial charge in [-0.3, -0.25) is 9.78 Å². The zero-order valence-corrected chi connectivity index (χ0v) is 10.1. The average Bonchev–Trinajstić information content (AvgIpc) is 2.82. The van der Waals surface area contributed by atoms with Crippen molar-refractivity contribution >= 4 is 17.5 Å². The van der Waals surface area contributed by atoms with Crippen molar-refractivity contribution in [3.63, 3.8) is 0 Å². The van der Waals surface area contributed by atoms with Gasteiger partial charge in [-0.15, -0.1) is 5.10 Å². The van der Waals surface area contributed by atoms with Gasteiger partial charge in [-0.25, -0.2) is 4.52 Å². The minimum Gasteiger partial charge on any atom is -0.311 e. The third-order valence-electron chi connectivity index (χ3n) is 2.41. The minimum absolute atomic E-state index is 0.179. The number of aromatic nitrogens is 5. The summed E-state index contributed by atoms with van der Waals surface area (Å²) in [7, 11) is 0. The Labute approximate surface area is 108 Å². The van der Waals surface area contributed by atoms with E-state index in [4.69, 9.17) is 0 Å². The molecule has 1 amide bonds. The van der Waals surface area contributed by atoms with Crippen molar-refractivity contribution in [1.29, 1.82) is 0 Å². The largest absolute Gasteiger partial charge is 0.311 e. The molecule has 7 nitrogen and oxygen atoms in total. The first kappa shape index (κ1) is 11.3. The number of nitrogens with zero attached hydrogens (tertiary/aromatic N) is 5. The van der Waals surface area contributed by atoms with Gasteiger partial charge >= 0.3 is 0 Å². The molecule has 0 unspecified atom stereocenters. The highest BCUT2D eigenvalue weighted by molar-refractivity contribution is 5.87. The van der Waals surface area contributed by atoms with Crippen molar-refractivity contribution in [2.45, 2.75) is 6.92 Å². The number of hydrogen-bond acceptors (Lipinski definition) is 5. The monoisotopic (exact) mass is 254 g/mol. The van der Waals surface area contributed by atoms with Crippen molar-refractivity contribution < 1.29 is 4.79 Å². The van der Waals surface area contributed by atoms with Crippen molar-refractivity contribution in [2.75, 3.05) is 5.32 Å². The van der Waals surface area contributed by atoms with Gasteiger partial charge in [-0.2, -0.15) is 9.97 Å². The Kier molecular flexibility index (Phi) is 2.64. The highest BCUT2D eigenvalue weighted by Crippen LogP contribution is 2.13. The molecular formula is C12H10N6O. The molecular weight excluding hydrogens is 244 g/mol. The van der Waals surface area contributed by atoms with E-state index >= 15 is 0 Å². The standard InChI is InChI=1S/C12H10N6O/c1-8(19)14-10-5-7-18-12(15-10)16-11(17-18)9-4-2-3-6-13-9/h2-7H,1H3,(H,14,15,16,17,19). The molecule has 0 radical (unpaired) electrons. The van der Waals surface area contributed by atoms with Crippen molar-refractivity contribution in [3.05, 3.63) is 36.7 Å². The Morgan fingerprint density at radius 2 is 2.16 bits per heavy atom. The van der Waals surface area contributed by atoms with E-state index < -0.39 is 0 Å². The van der Waals surface area contributed by atoms with Gasteiger partial charge < -0.3 is 5.32 Å². The molecule has 1 N–H and O–H groups in total. The Bertz CT molecular complexity index is 736. The number of carbonyl (C=O) groups excluding carboxylic acids is 1. The van der Waals surface area contributed by atoms with Crippen LogP contribution in [0.5, 0.6) is 0 Å². The Morgan fingerprint density at radius 3 is 2.89 bits per heavy atom. The lowest BCUT2D eigenvalue weighted by molar-refractivity contribution is -0.114. The van der Waals surface area contributed by atoms with Crippen LogP contribution in [0.2, 0.25) is 0 Å². The smallest absolute Gasteiger partial charge is 0.254 e. The van der Waals surface area contributed by atoms with Crippen LogP contribution in [0.15, 0.2) is 36.7 Å². The third-order valence-corrected chi connectivity index (χ3v) is 2.41. The molecule has 0 bridgehead atoms. The molecule has 94 valence electrons. The van der Waals surface area contributed by atoms with E-state index in [1.807, 2.05) is 18.2 Å². The highest BCUT2D eigenvalue weighted by Gasteiger charge is 2.08. The number of fused-ring (bicyclic) bond motifs is 1. The van der Waals surface area contributed by atoms with E-state index in [0.717, 1.165) is 0 Å².